The molecule has 2 aromatic carbocycles. The Morgan fingerprint density at radius 3 is 1.96 bits per heavy atom. The van der Waals surface area contributed by atoms with Gasteiger partial charge in [-0.05, 0) is 57.4 Å². The first-order chi connectivity index (χ1) is 11.3. The summed E-state index contributed by atoms with van der Waals surface area (Å²) in [5.74, 6) is -0.137. The Balaban J connectivity index is 1.71. The van der Waals surface area contributed by atoms with E-state index in [1.54, 1.807) is 12.1 Å². The highest BCUT2D eigenvalue weighted by Crippen LogP contribution is 2.36. The Hall–Kier alpha value is -2.11. The number of carbonyl (C=O) groups is 1. The van der Waals surface area contributed by atoms with Crippen LogP contribution >= 0.6 is 0 Å². The molecule has 0 bridgehead atoms. The smallest absolute Gasteiger partial charge is 0.399 e. The number of hydrogen-bond donors (Lipinski definition) is 1. The van der Waals surface area contributed by atoms with Gasteiger partial charge in [0.1, 0.15) is 0 Å². The average molecular weight is 323 g/mol. The molecule has 0 aromatic heterocycles. The van der Waals surface area contributed by atoms with Gasteiger partial charge in [-0.1, -0.05) is 30.3 Å². The molecular formula is C19H22BNO3. The topological polar surface area (TPSA) is 47.6 Å². The monoisotopic (exact) mass is 323 g/mol. The molecule has 1 fully saturated rings. The maximum atomic E-state index is 12.3. The molecule has 0 spiro atoms. The van der Waals surface area contributed by atoms with Crippen molar-refractivity contribution in [2.24, 2.45) is 0 Å². The molecule has 3 rings (SSSR count). The van der Waals surface area contributed by atoms with Crippen LogP contribution < -0.4 is 10.8 Å². The van der Waals surface area contributed by atoms with E-state index in [-0.39, 0.29) is 17.1 Å². The van der Waals surface area contributed by atoms with Crippen molar-refractivity contribution >= 4 is 24.2 Å². The number of rotatable bonds is 3. The second-order valence-electron chi connectivity index (χ2n) is 7.03. The van der Waals surface area contributed by atoms with E-state index in [2.05, 4.69) is 5.32 Å². The van der Waals surface area contributed by atoms with E-state index in [9.17, 15) is 4.79 Å². The molecule has 1 saturated heterocycles. The molecule has 0 unspecified atom stereocenters. The Kier molecular flexibility index (Phi) is 4.24. The predicted molar refractivity (Wildman–Crippen MR) is 96.6 cm³/mol. The van der Waals surface area contributed by atoms with Crippen LogP contribution in [0.15, 0.2) is 54.6 Å². The van der Waals surface area contributed by atoms with Crippen molar-refractivity contribution in [3.63, 3.8) is 0 Å². The van der Waals surface area contributed by atoms with Crippen LogP contribution in [0.4, 0.5) is 5.69 Å². The van der Waals surface area contributed by atoms with Gasteiger partial charge in [-0.3, -0.25) is 4.79 Å². The molecule has 0 atom stereocenters. The molecular weight excluding hydrogens is 301 g/mol. The normalized spacial score (nSPS) is 18.4. The lowest BCUT2D eigenvalue weighted by Crippen LogP contribution is -2.41. The van der Waals surface area contributed by atoms with Gasteiger partial charge in [-0.15, -0.1) is 0 Å². The van der Waals surface area contributed by atoms with Gasteiger partial charge in [0.05, 0.1) is 11.2 Å². The minimum Gasteiger partial charge on any atom is -0.399 e. The molecule has 1 amide bonds. The third kappa shape index (κ3) is 3.23. The van der Waals surface area contributed by atoms with E-state index in [1.807, 2.05) is 70.2 Å². The van der Waals surface area contributed by atoms with Crippen LogP contribution in [0, 0.1) is 0 Å². The zero-order valence-corrected chi connectivity index (χ0v) is 14.5. The van der Waals surface area contributed by atoms with E-state index < -0.39 is 7.12 Å². The summed E-state index contributed by atoms with van der Waals surface area (Å²) in [6, 6.07) is 16.7. The molecule has 5 heteroatoms. The van der Waals surface area contributed by atoms with E-state index in [0.29, 0.717) is 5.56 Å². The largest absolute Gasteiger partial charge is 0.494 e. The first-order valence-electron chi connectivity index (χ1n) is 8.10. The summed E-state index contributed by atoms with van der Waals surface area (Å²) in [7, 11) is -0.416. The lowest BCUT2D eigenvalue weighted by molar-refractivity contribution is 0.00578. The summed E-state index contributed by atoms with van der Waals surface area (Å²) in [6.07, 6.45) is 0. The van der Waals surface area contributed by atoms with E-state index in [4.69, 9.17) is 9.31 Å². The average Bonchev–Trinajstić information content (AvgIpc) is 2.76. The SMILES string of the molecule is CC1(C)OB(c2ccc(C(=O)Nc3ccccc3)cc2)OC1(C)C. The summed E-state index contributed by atoms with van der Waals surface area (Å²) in [4.78, 5) is 12.3. The number of benzene rings is 2. The van der Waals surface area contributed by atoms with Gasteiger partial charge in [0.15, 0.2) is 0 Å². The van der Waals surface area contributed by atoms with Crippen LogP contribution in [0.2, 0.25) is 0 Å². The molecule has 1 aliphatic rings. The van der Waals surface area contributed by atoms with Crippen molar-refractivity contribution in [2.75, 3.05) is 5.32 Å². The van der Waals surface area contributed by atoms with Gasteiger partial charge in [-0.25, -0.2) is 0 Å². The molecule has 1 aliphatic heterocycles. The van der Waals surface area contributed by atoms with Gasteiger partial charge in [0.2, 0.25) is 0 Å². The Labute approximate surface area is 143 Å². The Morgan fingerprint density at radius 1 is 0.875 bits per heavy atom. The molecule has 0 saturated carbocycles. The lowest BCUT2D eigenvalue weighted by Gasteiger charge is -2.32. The van der Waals surface area contributed by atoms with Crippen molar-refractivity contribution in [3.05, 3.63) is 60.2 Å². The summed E-state index contributed by atoms with van der Waals surface area (Å²) < 4.78 is 12.0. The van der Waals surface area contributed by atoms with Crippen molar-refractivity contribution in [1.29, 1.82) is 0 Å². The molecule has 2 aromatic rings. The second kappa shape index (κ2) is 6.08. The Morgan fingerprint density at radius 2 is 1.42 bits per heavy atom. The van der Waals surface area contributed by atoms with Crippen LogP contribution in [0.1, 0.15) is 38.1 Å². The minimum absolute atomic E-state index is 0.137. The molecule has 0 aliphatic carbocycles. The highest BCUT2D eigenvalue weighted by molar-refractivity contribution is 6.62. The molecule has 24 heavy (non-hydrogen) atoms. The highest BCUT2D eigenvalue weighted by atomic mass is 16.7. The van der Waals surface area contributed by atoms with Gasteiger partial charge >= 0.3 is 7.12 Å². The van der Waals surface area contributed by atoms with Gasteiger partial charge < -0.3 is 14.6 Å². The number of hydrogen-bond acceptors (Lipinski definition) is 3. The summed E-state index contributed by atoms with van der Waals surface area (Å²) in [5.41, 5.74) is 1.53. The number of anilines is 1. The molecule has 4 nitrogen and oxygen atoms in total. The van der Waals surface area contributed by atoms with Crippen LogP contribution in [-0.4, -0.2) is 24.2 Å². The second-order valence-corrected chi connectivity index (χ2v) is 7.03. The van der Waals surface area contributed by atoms with Crippen molar-refractivity contribution < 1.29 is 14.1 Å². The molecule has 1 heterocycles. The number of para-hydroxylation sites is 1. The number of nitrogens with one attached hydrogen (secondary N) is 1. The van der Waals surface area contributed by atoms with E-state index in [1.165, 1.54) is 0 Å². The summed E-state index contributed by atoms with van der Waals surface area (Å²) in [5, 5.41) is 2.87. The number of amides is 1. The van der Waals surface area contributed by atoms with Gasteiger partial charge in [0, 0.05) is 11.3 Å². The van der Waals surface area contributed by atoms with Crippen LogP contribution in [0.3, 0.4) is 0 Å². The van der Waals surface area contributed by atoms with Gasteiger partial charge in [0.25, 0.3) is 5.91 Å². The molecule has 0 radical (unpaired) electrons. The summed E-state index contributed by atoms with van der Waals surface area (Å²) >= 11 is 0. The fraction of sp³-hybridized carbons (Fsp3) is 0.316. The van der Waals surface area contributed by atoms with Crippen molar-refractivity contribution in [3.8, 4) is 0 Å². The fourth-order valence-corrected chi connectivity index (χ4v) is 2.50. The third-order valence-electron chi connectivity index (χ3n) is 4.73. The highest BCUT2D eigenvalue weighted by Gasteiger charge is 2.51. The maximum absolute atomic E-state index is 12.3. The van der Waals surface area contributed by atoms with E-state index >= 15 is 0 Å². The van der Waals surface area contributed by atoms with Gasteiger partial charge in [-0.2, -0.15) is 0 Å². The first-order valence-corrected chi connectivity index (χ1v) is 8.10. The first kappa shape index (κ1) is 16.7. The molecule has 1 N–H and O–H groups in total. The van der Waals surface area contributed by atoms with Crippen LogP contribution in [0.5, 0.6) is 0 Å². The minimum atomic E-state index is -0.416. The van der Waals surface area contributed by atoms with E-state index in [0.717, 1.165) is 11.2 Å². The Bertz CT molecular complexity index is 710. The standard InChI is InChI=1S/C19H22BNO3/c1-18(2)19(3,4)24-20(23-18)15-12-10-14(11-13-15)17(22)21-16-8-6-5-7-9-16/h5-13H,1-4H3,(H,21,22). The zero-order chi connectivity index (χ0) is 17.4. The third-order valence-corrected chi connectivity index (χ3v) is 4.73. The zero-order valence-electron chi connectivity index (χ0n) is 14.5. The summed E-state index contributed by atoms with van der Waals surface area (Å²) in [6.45, 7) is 8.09. The molecule has 124 valence electrons. The van der Waals surface area contributed by atoms with Crippen molar-refractivity contribution in [1.82, 2.24) is 0 Å². The fourth-order valence-electron chi connectivity index (χ4n) is 2.50. The quantitative estimate of drug-likeness (QED) is 0.882. The van der Waals surface area contributed by atoms with Crippen molar-refractivity contribution in [2.45, 2.75) is 38.9 Å². The predicted octanol–water partition coefficient (Wildman–Crippen LogP) is 3.24. The number of carbonyl (C=O) groups excluding carboxylic acids is 1. The van der Waals surface area contributed by atoms with Crippen LogP contribution in [0.25, 0.3) is 0 Å². The maximum Gasteiger partial charge on any atom is 0.494 e. The lowest BCUT2D eigenvalue weighted by atomic mass is 9.79. The van der Waals surface area contributed by atoms with Crippen LogP contribution in [-0.2, 0) is 9.31 Å².